The Morgan fingerprint density at radius 2 is 1.95 bits per heavy atom. The second kappa shape index (κ2) is 8.39. The van der Waals surface area contributed by atoms with Crippen molar-refractivity contribution in [3.05, 3.63) is 34.9 Å². The third kappa shape index (κ3) is 4.89. The van der Waals surface area contributed by atoms with Gasteiger partial charge in [-0.05, 0) is 38.6 Å². The molecule has 1 aliphatic carbocycles. The van der Waals surface area contributed by atoms with Crippen LogP contribution in [0.15, 0.2) is 24.3 Å². The van der Waals surface area contributed by atoms with Gasteiger partial charge in [-0.15, -0.1) is 0 Å². The predicted molar refractivity (Wildman–Crippen MR) is 91.3 cm³/mol. The van der Waals surface area contributed by atoms with Crippen LogP contribution in [0.4, 0.5) is 4.79 Å². The largest absolute Gasteiger partial charge is 0.336 e. The molecular formula is C17H26ClN3O. The normalized spacial score (nSPS) is 17.3. The third-order valence-corrected chi connectivity index (χ3v) is 4.63. The zero-order valence-corrected chi connectivity index (χ0v) is 14.2. The molecule has 0 bridgehead atoms. The number of hydrogen-bond acceptors (Lipinski definition) is 2. The SMILES string of the molecule is CN(C)C(CNC(=O)NC1CCCCC1)c1ccccc1Cl. The Hall–Kier alpha value is -1.26. The Bertz CT molecular complexity index is 487. The summed E-state index contributed by atoms with van der Waals surface area (Å²) < 4.78 is 0. The molecule has 4 nitrogen and oxygen atoms in total. The molecule has 0 spiro atoms. The molecule has 1 aliphatic rings. The molecular weight excluding hydrogens is 298 g/mol. The zero-order valence-electron chi connectivity index (χ0n) is 13.4. The van der Waals surface area contributed by atoms with Crippen LogP contribution in [0.2, 0.25) is 5.02 Å². The number of halogens is 1. The van der Waals surface area contributed by atoms with E-state index in [1.54, 1.807) is 0 Å². The van der Waals surface area contributed by atoms with Gasteiger partial charge in [0.1, 0.15) is 0 Å². The van der Waals surface area contributed by atoms with E-state index in [0.29, 0.717) is 12.6 Å². The number of amides is 2. The van der Waals surface area contributed by atoms with Crippen LogP contribution >= 0.6 is 11.6 Å². The van der Waals surface area contributed by atoms with E-state index in [2.05, 4.69) is 15.5 Å². The van der Waals surface area contributed by atoms with Crippen LogP contribution in [0.3, 0.4) is 0 Å². The number of carbonyl (C=O) groups excluding carboxylic acids is 1. The lowest BCUT2D eigenvalue weighted by atomic mass is 9.96. The Labute approximate surface area is 138 Å². The molecule has 122 valence electrons. The number of urea groups is 1. The standard InChI is InChI=1S/C17H26ClN3O/c1-21(2)16(14-10-6-7-11-15(14)18)12-19-17(22)20-13-8-4-3-5-9-13/h6-7,10-11,13,16H,3-5,8-9,12H2,1-2H3,(H2,19,20,22). The number of benzene rings is 1. The van der Waals surface area contributed by atoms with Gasteiger partial charge in [0.25, 0.3) is 0 Å². The van der Waals surface area contributed by atoms with Crippen LogP contribution < -0.4 is 10.6 Å². The van der Waals surface area contributed by atoms with Gasteiger partial charge in [0, 0.05) is 17.6 Å². The van der Waals surface area contributed by atoms with Gasteiger partial charge in [0.2, 0.25) is 0 Å². The molecule has 2 N–H and O–H groups in total. The summed E-state index contributed by atoms with van der Waals surface area (Å²) in [6.07, 6.45) is 5.90. The Balaban J connectivity index is 1.89. The average molecular weight is 324 g/mol. The summed E-state index contributed by atoms with van der Waals surface area (Å²) in [5, 5.41) is 6.80. The highest BCUT2D eigenvalue weighted by Gasteiger charge is 2.19. The van der Waals surface area contributed by atoms with Gasteiger partial charge in [-0.3, -0.25) is 0 Å². The molecule has 1 saturated carbocycles. The van der Waals surface area contributed by atoms with E-state index >= 15 is 0 Å². The molecule has 0 saturated heterocycles. The maximum atomic E-state index is 12.1. The summed E-state index contributed by atoms with van der Waals surface area (Å²) in [4.78, 5) is 14.2. The first-order chi connectivity index (χ1) is 10.6. The molecule has 1 atom stereocenters. The first kappa shape index (κ1) is 17.1. The van der Waals surface area contributed by atoms with E-state index in [-0.39, 0.29) is 12.1 Å². The Kier molecular flexibility index (Phi) is 6.52. The van der Waals surface area contributed by atoms with Crippen LogP contribution in [0.5, 0.6) is 0 Å². The second-order valence-corrected chi connectivity index (χ2v) is 6.60. The molecule has 1 aromatic carbocycles. The van der Waals surface area contributed by atoms with Crippen molar-refractivity contribution in [1.82, 2.24) is 15.5 Å². The van der Waals surface area contributed by atoms with Crippen molar-refractivity contribution in [1.29, 1.82) is 0 Å². The van der Waals surface area contributed by atoms with Crippen molar-refractivity contribution in [3.63, 3.8) is 0 Å². The molecule has 0 aliphatic heterocycles. The molecule has 0 heterocycles. The van der Waals surface area contributed by atoms with Crippen LogP contribution in [0.25, 0.3) is 0 Å². The highest BCUT2D eigenvalue weighted by molar-refractivity contribution is 6.31. The lowest BCUT2D eigenvalue weighted by Gasteiger charge is -2.27. The van der Waals surface area contributed by atoms with Gasteiger partial charge in [0.05, 0.1) is 6.04 Å². The van der Waals surface area contributed by atoms with Gasteiger partial charge in [-0.1, -0.05) is 49.1 Å². The Morgan fingerprint density at radius 1 is 1.27 bits per heavy atom. The van der Waals surface area contributed by atoms with Gasteiger partial charge >= 0.3 is 6.03 Å². The molecule has 1 fully saturated rings. The van der Waals surface area contributed by atoms with E-state index in [9.17, 15) is 4.79 Å². The van der Waals surface area contributed by atoms with Gasteiger partial charge in [-0.25, -0.2) is 4.79 Å². The van der Waals surface area contributed by atoms with Crippen LogP contribution in [0.1, 0.15) is 43.7 Å². The van der Waals surface area contributed by atoms with Crippen molar-refractivity contribution in [3.8, 4) is 0 Å². The van der Waals surface area contributed by atoms with Crippen LogP contribution in [0, 0.1) is 0 Å². The van der Waals surface area contributed by atoms with Gasteiger partial charge in [0.15, 0.2) is 0 Å². The third-order valence-electron chi connectivity index (χ3n) is 4.28. The average Bonchev–Trinajstić information content (AvgIpc) is 2.50. The molecule has 5 heteroatoms. The van der Waals surface area contributed by atoms with Gasteiger partial charge in [-0.2, -0.15) is 0 Å². The fourth-order valence-electron chi connectivity index (χ4n) is 2.99. The summed E-state index contributed by atoms with van der Waals surface area (Å²) in [6, 6.07) is 8.09. The minimum absolute atomic E-state index is 0.0609. The maximum Gasteiger partial charge on any atom is 0.315 e. The summed E-state index contributed by atoms with van der Waals surface area (Å²) in [6.45, 7) is 0.537. The zero-order chi connectivity index (χ0) is 15.9. The van der Waals surface area contributed by atoms with Crippen molar-refractivity contribution in [2.75, 3.05) is 20.6 Å². The number of carbonyl (C=O) groups is 1. The fraction of sp³-hybridized carbons (Fsp3) is 0.588. The highest BCUT2D eigenvalue weighted by atomic mass is 35.5. The van der Waals surface area contributed by atoms with Crippen molar-refractivity contribution in [2.24, 2.45) is 0 Å². The molecule has 0 aromatic heterocycles. The fourth-order valence-corrected chi connectivity index (χ4v) is 3.25. The summed E-state index contributed by atoms with van der Waals surface area (Å²) in [5.74, 6) is 0. The van der Waals surface area contributed by atoms with Crippen molar-refractivity contribution in [2.45, 2.75) is 44.2 Å². The molecule has 2 amide bonds. The molecule has 1 unspecified atom stereocenters. The van der Waals surface area contributed by atoms with Crippen molar-refractivity contribution >= 4 is 17.6 Å². The van der Waals surface area contributed by atoms with E-state index in [0.717, 1.165) is 23.4 Å². The second-order valence-electron chi connectivity index (χ2n) is 6.19. The lowest BCUT2D eigenvalue weighted by molar-refractivity contribution is 0.225. The Morgan fingerprint density at radius 3 is 2.59 bits per heavy atom. The van der Waals surface area contributed by atoms with Crippen LogP contribution in [-0.4, -0.2) is 37.6 Å². The molecule has 2 rings (SSSR count). The number of nitrogens with zero attached hydrogens (tertiary/aromatic N) is 1. The predicted octanol–water partition coefficient (Wildman–Crippen LogP) is 3.57. The topological polar surface area (TPSA) is 44.4 Å². The minimum Gasteiger partial charge on any atom is -0.336 e. The lowest BCUT2D eigenvalue weighted by Crippen LogP contribution is -2.45. The van der Waals surface area contributed by atoms with Crippen LogP contribution in [-0.2, 0) is 0 Å². The minimum atomic E-state index is -0.0780. The summed E-state index contributed by atoms with van der Waals surface area (Å²) in [7, 11) is 3.99. The van der Waals surface area contributed by atoms with Crippen molar-refractivity contribution < 1.29 is 4.79 Å². The number of hydrogen-bond donors (Lipinski definition) is 2. The van der Waals surface area contributed by atoms with Gasteiger partial charge < -0.3 is 15.5 Å². The highest BCUT2D eigenvalue weighted by Crippen LogP contribution is 2.25. The summed E-state index contributed by atoms with van der Waals surface area (Å²) >= 11 is 6.28. The quantitative estimate of drug-likeness (QED) is 0.870. The monoisotopic (exact) mass is 323 g/mol. The number of likely N-dealkylation sites (N-methyl/N-ethyl adjacent to an activating group) is 1. The molecule has 1 aromatic rings. The number of rotatable bonds is 5. The maximum absolute atomic E-state index is 12.1. The van der Waals surface area contributed by atoms with E-state index < -0.39 is 0 Å². The number of nitrogens with one attached hydrogen (secondary N) is 2. The smallest absolute Gasteiger partial charge is 0.315 e. The van der Waals surface area contributed by atoms with E-state index in [4.69, 9.17) is 11.6 Å². The first-order valence-corrected chi connectivity index (χ1v) is 8.41. The summed E-state index contributed by atoms with van der Waals surface area (Å²) in [5.41, 5.74) is 1.03. The first-order valence-electron chi connectivity index (χ1n) is 8.03. The van der Waals surface area contributed by atoms with E-state index in [1.807, 2.05) is 38.4 Å². The molecule has 0 radical (unpaired) electrons. The van der Waals surface area contributed by atoms with E-state index in [1.165, 1.54) is 19.3 Å². The molecule has 22 heavy (non-hydrogen) atoms.